The number of nitrogens with one attached hydrogen (secondary N) is 2. The van der Waals surface area contributed by atoms with E-state index in [4.69, 9.17) is 0 Å². The molecule has 2 heterocycles. The minimum atomic E-state index is -0.449. The summed E-state index contributed by atoms with van der Waals surface area (Å²) in [5.74, 6) is 0.0771. The van der Waals surface area contributed by atoms with E-state index in [9.17, 15) is 9.90 Å². The lowest BCUT2D eigenvalue weighted by Crippen LogP contribution is -2.29. The van der Waals surface area contributed by atoms with Gasteiger partial charge in [0, 0.05) is 18.2 Å². The van der Waals surface area contributed by atoms with Gasteiger partial charge in [-0.15, -0.1) is 0 Å². The van der Waals surface area contributed by atoms with E-state index in [0.717, 1.165) is 42.6 Å². The second-order valence-corrected chi connectivity index (χ2v) is 5.11. The van der Waals surface area contributed by atoms with E-state index in [-0.39, 0.29) is 11.9 Å². The zero-order valence-electron chi connectivity index (χ0n) is 10.3. The smallest absolute Gasteiger partial charge is 0.224 e. The SMILES string of the molecule is O=C1CCc2cc(C(O)C3CCCN3)ccc2N1. The number of amides is 1. The number of aryl methyl sites for hydroxylation is 1. The van der Waals surface area contributed by atoms with Crippen molar-refractivity contribution in [2.75, 3.05) is 11.9 Å². The van der Waals surface area contributed by atoms with Gasteiger partial charge in [0.25, 0.3) is 0 Å². The van der Waals surface area contributed by atoms with Gasteiger partial charge in [0.05, 0.1) is 6.10 Å². The molecule has 96 valence electrons. The normalized spacial score (nSPS) is 24.5. The van der Waals surface area contributed by atoms with Crippen molar-refractivity contribution in [1.82, 2.24) is 5.32 Å². The maximum Gasteiger partial charge on any atom is 0.224 e. The number of aliphatic hydroxyl groups is 1. The molecule has 0 radical (unpaired) electrons. The number of aliphatic hydroxyl groups excluding tert-OH is 1. The van der Waals surface area contributed by atoms with Crippen molar-refractivity contribution in [2.45, 2.75) is 37.8 Å². The third kappa shape index (κ3) is 2.13. The second-order valence-electron chi connectivity index (χ2n) is 5.11. The van der Waals surface area contributed by atoms with Gasteiger partial charge in [-0.2, -0.15) is 0 Å². The Bertz CT molecular complexity index is 467. The summed E-state index contributed by atoms with van der Waals surface area (Å²) >= 11 is 0. The summed E-state index contributed by atoms with van der Waals surface area (Å²) in [4.78, 5) is 11.3. The van der Waals surface area contributed by atoms with Crippen molar-refractivity contribution in [3.63, 3.8) is 0 Å². The van der Waals surface area contributed by atoms with Crippen LogP contribution in [-0.4, -0.2) is 23.6 Å². The summed E-state index contributed by atoms with van der Waals surface area (Å²) in [6, 6.07) is 6.01. The molecule has 1 amide bonds. The van der Waals surface area contributed by atoms with Crippen molar-refractivity contribution in [2.24, 2.45) is 0 Å². The molecule has 0 spiro atoms. The summed E-state index contributed by atoms with van der Waals surface area (Å²) in [5, 5.41) is 16.5. The molecule has 18 heavy (non-hydrogen) atoms. The van der Waals surface area contributed by atoms with E-state index < -0.39 is 6.10 Å². The van der Waals surface area contributed by atoms with Crippen LogP contribution in [0.4, 0.5) is 5.69 Å². The molecule has 0 bridgehead atoms. The maximum atomic E-state index is 11.3. The molecule has 2 unspecified atom stereocenters. The molecular weight excluding hydrogens is 228 g/mol. The molecule has 0 aromatic heterocycles. The lowest BCUT2D eigenvalue weighted by molar-refractivity contribution is -0.116. The molecule has 4 heteroatoms. The third-order valence-corrected chi connectivity index (χ3v) is 3.85. The Hall–Kier alpha value is -1.39. The predicted molar refractivity (Wildman–Crippen MR) is 69.4 cm³/mol. The van der Waals surface area contributed by atoms with Crippen LogP contribution in [0.5, 0.6) is 0 Å². The fourth-order valence-corrected chi connectivity index (χ4v) is 2.80. The molecular formula is C14H18N2O2. The fourth-order valence-electron chi connectivity index (χ4n) is 2.80. The molecule has 1 aromatic rings. The van der Waals surface area contributed by atoms with Gasteiger partial charge in [-0.1, -0.05) is 12.1 Å². The summed E-state index contributed by atoms with van der Waals surface area (Å²) in [6.45, 7) is 0.989. The van der Waals surface area contributed by atoms with Gasteiger partial charge >= 0.3 is 0 Å². The predicted octanol–water partition coefficient (Wildman–Crippen LogP) is 1.36. The lowest BCUT2D eigenvalue weighted by Gasteiger charge is -2.22. The first-order valence-electron chi connectivity index (χ1n) is 6.58. The van der Waals surface area contributed by atoms with Gasteiger partial charge in [0.15, 0.2) is 0 Å². The van der Waals surface area contributed by atoms with Crippen molar-refractivity contribution >= 4 is 11.6 Å². The first kappa shape index (κ1) is 11.7. The number of fused-ring (bicyclic) bond motifs is 1. The van der Waals surface area contributed by atoms with Gasteiger partial charge in [-0.05, 0) is 43.0 Å². The Morgan fingerprint density at radius 2 is 2.22 bits per heavy atom. The number of carbonyl (C=O) groups is 1. The Morgan fingerprint density at radius 3 is 3.00 bits per heavy atom. The Kier molecular flexibility index (Phi) is 3.06. The molecule has 1 saturated heterocycles. The topological polar surface area (TPSA) is 61.4 Å². The van der Waals surface area contributed by atoms with E-state index in [2.05, 4.69) is 10.6 Å². The lowest BCUT2D eigenvalue weighted by atomic mass is 9.95. The Morgan fingerprint density at radius 1 is 1.33 bits per heavy atom. The van der Waals surface area contributed by atoms with E-state index in [0.29, 0.717) is 6.42 Å². The number of hydrogen-bond donors (Lipinski definition) is 3. The Labute approximate surface area is 106 Å². The number of carbonyl (C=O) groups excluding carboxylic acids is 1. The van der Waals surface area contributed by atoms with Crippen LogP contribution in [0.3, 0.4) is 0 Å². The molecule has 1 aromatic carbocycles. The van der Waals surface area contributed by atoms with Crippen LogP contribution in [0.25, 0.3) is 0 Å². The van der Waals surface area contributed by atoms with E-state index in [1.807, 2.05) is 18.2 Å². The highest BCUT2D eigenvalue weighted by atomic mass is 16.3. The van der Waals surface area contributed by atoms with Crippen LogP contribution >= 0.6 is 0 Å². The molecule has 0 aliphatic carbocycles. The van der Waals surface area contributed by atoms with Gasteiger partial charge in [-0.25, -0.2) is 0 Å². The second kappa shape index (κ2) is 4.71. The van der Waals surface area contributed by atoms with Crippen LogP contribution < -0.4 is 10.6 Å². The van der Waals surface area contributed by atoms with Crippen LogP contribution in [-0.2, 0) is 11.2 Å². The van der Waals surface area contributed by atoms with Gasteiger partial charge in [-0.3, -0.25) is 4.79 Å². The minimum Gasteiger partial charge on any atom is -0.387 e. The van der Waals surface area contributed by atoms with E-state index in [1.54, 1.807) is 0 Å². The average Bonchev–Trinajstić information content (AvgIpc) is 2.91. The molecule has 3 rings (SSSR count). The van der Waals surface area contributed by atoms with Gasteiger partial charge < -0.3 is 15.7 Å². The van der Waals surface area contributed by atoms with Gasteiger partial charge in [0.2, 0.25) is 5.91 Å². The number of hydrogen-bond acceptors (Lipinski definition) is 3. The standard InChI is InChI=1S/C14H18N2O2/c17-13-6-4-9-8-10(3-5-11(9)16-13)14(18)12-2-1-7-15-12/h3,5,8,12,14-15,18H,1-2,4,6-7H2,(H,16,17). The summed E-state index contributed by atoms with van der Waals surface area (Å²) < 4.78 is 0. The highest BCUT2D eigenvalue weighted by molar-refractivity contribution is 5.93. The number of rotatable bonds is 2. The zero-order valence-corrected chi connectivity index (χ0v) is 10.3. The summed E-state index contributed by atoms with van der Waals surface area (Å²) in [5.41, 5.74) is 2.97. The molecule has 2 atom stereocenters. The van der Waals surface area contributed by atoms with Crippen LogP contribution in [0.15, 0.2) is 18.2 Å². The number of benzene rings is 1. The highest BCUT2D eigenvalue weighted by Crippen LogP contribution is 2.29. The van der Waals surface area contributed by atoms with Gasteiger partial charge in [0.1, 0.15) is 0 Å². The first-order chi connectivity index (χ1) is 8.74. The monoisotopic (exact) mass is 246 g/mol. The molecule has 0 saturated carbocycles. The van der Waals surface area contributed by atoms with Crippen molar-refractivity contribution in [1.29, 1.82) is 0 Å². The highest BCUT2D eigenvalue weighted by Gasteiger charge is 2.25. The third-order valence-electron chi connectivity index (χ3n) is 3.85. The average molecular weight is 246 g/mol. The van der Waals surface area contributed by atoms with Crippen LogP contribution in [0.2, 0.25) is 0 Å². The van der Waals surface area contributed by atoms with E-state index >= 15 is 0 Å². The molecule has 4 nitrogen and oxygen atoms in total. The van der Waals surface area contributed by atoms with Crippen molar-refractivity contribution in [3.8, 4) is 0 Å². The molecule has 3 N–H and O–H groups in total. The van der Waals surface area contributed by atoms with E-state index in [1.165, 1.54) is 0 Å². The quantitative estimate of drug-likeness (QED) is 0.738. The minimum absolute atomic E-state index is 0.0771. The van der Waals surface area contributed by atoms with Crippen LogP contribution in [0, 0.1) is 0 Å². The molecule has 1 fully saturated rings. The summed E-state index contributed by atoms with van der Waals surface area (Å²) in [6.07, 6.45) is 3.00. The Balaban J connectivity index is 1.83. The zero-order chi connectivity index (χ0) is 12.5. The largest absolute Gasteiger partial charge is 0.387 e. The fraction of sp³-hybridized carbons (Fsp3) is 0.500. The summed E-state index contributed by atoms with van der Waals surface area (Å²) in [7, 11) is 0. The van der Waals surface area contributed by atoms with Crippen molar-refractivity contribution < 1.29 is 9.90 Å². The molecule has 2 aliphatic heterocycles. The first-order valence-corrected chi connectivity index (χ1v) is 6.58. The molecule has 2 aliphatic rings. The van der Waals surface area contributed by atoms with Crippen molar-refractivity contribution in [3.05, 3.63) is 29.3 Å². The number of anilines is 1. The van der Waals surface area contributed by atoms with Crippen LogP contribution in [0.1, 0.15) is 36.5 Å². The maximum absolute atomic E-state index is 11.3.